The number of hydrogen-bond donors (Lipinski definition) is 0. The Kier molecular flexibility index (Phi) is 8.08. The molecule has 1 aliphatic heterocycles. The van der Waals surface area contributed by atoms with Gasteiger partial charge < -0.3 is 14.2 Å². The largest absolute Gasteiger partial charge is 0.426 e. The molecule has 1 heterocycles. The van der Waals surface area contributed by atoms with Crippen molar-refractivity contribution < 1.29 is 19.0 Å². The van der Waals surface area contributed by atoms with Crippen LogP contribution in [0.15, 0.2) is 72.8 Å². The second-order valence-electron chi connectivity index (χ2n) is 8.61. The highest BCUT2D eigenvalue weighted by molar-refractivity contribution is 5.75. The molecule has 0 N–H and O–H groups in total. The van der Waals surface area contributed by atoms with Gasteiger partial charge in [0.2, 0.25) is 0 Å². The highest BCUT2D eigenvalue weighted by Gasteiger charge is 2.23. The van der Waals surface area contributed by atoms with Crippen LogP contribution in [0.2, 0.25) is 0 Å². The van der Waals surface area contributed by atoms with Gasteiger partial charge in [0.15, 0.2) is 6.29 Å². The van der Waals surface area contributed by atoms with Crippen molar-refractivity contribution >= 4 is 5.97 Å². The molecule has 174 valence electrons. The molecule has 0 atom stereocenters. The average Bonchev–Trinajstić information content (AvgIpc) is 2.89. The number of carbonyl (C=O) groups excluding carboxylic acids is 1. The third kappa shape index (κ3) is 6.32. The molecule has 0 aromatic heterocycles. The Morgan fingerprint density at radius 1 is 0.941 bits per heavy atom. The molecule has 0 amide bonds. The molecule has 1 saturated heterocycles. The van der Waals surface area contributed by atoms with Crippen molar-refractivity contribution in [2.75, 3.05) is 13.2 Å². The van der Waals surface area contributed by atoms with Crippen LogP contribution in [0.5, 0.6) is 5.75 Å². The number of benzene rings is 3. The Balaban J connectivity index is 1.27. The maximum Gasteiger partial charge on any atom is 0.315 e. The summed E-state index contributed by atoms with van der Waals surface area (Å²) in [5.41, 5.74) is 4.45. The van der Waals surface area contributed by atoms with Crippen LogP contribution in [0.25, 0.3) is 11.1 Å². The maximum atomic E-state index is 12.4. The van der Waals surface area contributed by atoms with E-state index in [0.29, 0.717) is 17.2 Å². The highest BCUT2D eigenvalue weighted by atomic mass is 16.7. The number of unbranched alkanes of at least 4 members (excludes halogenated alkanes) is 1. The molecule has 1 aliphatic rings. The molecule has 4 rings (SSSR count). The van der Waals surface area contributed by atoms with Crippen LogP contribution in [-0.2, 0) is 20.7 Å². The molecule has 3 aromatic rings. The Hall–Kier alpha value is -3.46. The van der Waals surface area contributed by atoms with Crippen LogP contribution < -0.4 is 4.74 Å². The average molecular weight is 456 g/mol. The van der Waals surface area contributed by atoms with Gasteiger partial charge in [-0.3, -0.25) is 4.79 Å². The zero-order valence-electron chi connectivity index (χ0n) is 19.4. The van der Waals surface area contributed by atoms with Crippen LogP contribution in [0.3, 0.4) is 0 Å². The van der Waals surface area contributed by atoms with Gasteiger partial charge in [-0.25, -0.2) is 0 Å². The summed E-state index contributed by atoms with van der Waals surface area (Å²) < 4.78 is 17.3. The van der Waals surface area contributed by atoms with E-state index >= 15 is 0 Å². The number of hydrogen-bond acceptors (Lipinski definition) is 5. The van der Waals surface area contributed by atoms with Crippen LogP contribution >= 0.6 is 0 Å². The topological polar surface area (TPSA) is 68.5 Å². The molecule has 0 radical (unpaired) electrons. The standard InChI is InChI=1S/C29H29NO4/c1-2-3-4-23-19-32-29(33-20-23)26-11-5-21(6-12-26)17-28(31)34-27-15-13-25(14-16-27)24-9-7-22(18-30)8-10-24/h5-16,23,29H,2-4,17,19-20H2,1H3. The number of esters is 1. The first-order chi connectivity index (χ1) is 16.6. The lowest BCUT2D eigenvalue weighted by Crippen LogP contribution is -2.27. The molecule has 0 bridgehead atoms. The lowest BCUT2D eigenvalue weighted by atomic mass is 10.0. The first-order valence-electron chi connectivity index (χ1n) is 11.8. The summed E-state index contributed by atoms with van der Waals surface area (Å²) in [4.78, 5) is 12.4. The van der Waals surface area contributed by atoms with E-state index in [1.807, 2.05) is 48.5 Å². The molecule has 1 fully saturated rings. The number of rotatable bonds is 8. The third-order valence-corrected chi connectivity index (χ3v) is 5.97. The molecule has 3 aromatic carbocycles. The number of ether oxygens (including phenoxy) is 3. The van der Waals surface area contributed by atoms with E-state index in [4.69, 9.17) is 19.5 Å². The Morgan fingerprint density at radius 3 is 2.15 bits per heavy atom. The lowest BCUT2D eigenvalue weighted by Gasteiger charge is -2.29. The van der Waals surface area contributed by atoms with E-state index in [0.717, 1.165) is 41.9 Å². The minimum Gasteiger partial charge on any atom is -0.426 e. The van der Waals surface area contributed by atoms with E-state index in [-0.39, 0.29) is 18.7 Å². The van der Waals surface area contributed by atoms with E-state index in [2.05, 4.69) is 13.0 Å². The van der Waals surface area contributed by atoms with Gasteiger partial charge in [0.05, 0.1) is 31.3 Å². The number of nitrogens with zero attached hydrogens (tertiary/aromatic N) is 1. The van der Waals surface area contributed by atoms with Crippen molar-refractivity contribution in [3.05, 3.63) is 89.5 Å². The van der Waals surface area contributed by atoms with Crippen LogP contribution in [0.4, 0.5) is 0 Å². The Labute approximate surface area is 200 Å². The minimum absolute atomic E-state index is 0.184. The summed E-state index contributed by atoms with van der Waals surface area (Å²) in [5, 5.41) is 8.92. The fourth-order valence-electron chi connectivity index (χ4n) is 3.97. The summed E-state index contributed by atoms with van der Waals surface area (Å²) in [6.45, 7) is 3.64. The van der Waals surface area contributed by atoms with Gasteiger partial charge in [-0.1, -0.05) is 68.3 Å². The molecule has 0 spiro atoms. The second kappa shape index (κ2) is 11.6. The van der Waals surface area contributed by atoms with E-state index in [1.54, 1.807) is 24.3 Å². The van der Waals surface area contributed by atoms with Gasteiger partial charge in [-0.15, -0.1) is 0 Å². The van der Waals surface area contributed by atoms with Gasteiger partial charge in [0.1, 0.15) is 5.75 Å². The quantitative estimate of drug-likeness (QED) is 0.298. The predicted octanol–water partition coefficient (Wildman–Crippen LogP) is 6.23. The first-order valence-corrected chi connectivity index (χ1v) is 11.8. The van der Waals surface area contributed by atoms with Gasteiger partial charge in [-0.2, -0.15) is 5.26 Å². The first kappa shape index (κ1) is 23.7. The number of carbonyl (C=O) groups is 1. The van der Waals surface area contributed by atoms with Crippen molar-refractivity contribution in [2.45, 2.75) is 38.9 Å². The van der Waals surface area contributed by atoms with Crippen LogP contribution in [-0.4, -0.2) is 19.2 Å². The smallest absolute Gasteiger partial charge is 0.315 e. The summed E-state index contributed by atoms with van der Waals surface area (Å²) in [5.74, 6) is 0.659. The molecule has 0 unspecified atom stereocenters. The second-order valence-corrected chi connectivity index (χ2v) is 8.61. The molecule has 5 heteroatoms. The van der Waals surface area contributed by atoms with Gasteiger partial charge in [-0.05, 0) is 47.4 Å². The summed E-state index contributed by atoms with van der Waals surface area (Å²) in [7, 11) is 0. The van der Waals surface area contributed by atoms with Crippen LogP contribution in [0.1, 0.15) is 49.2 Å². The summed E-state index contributed by atoms with van der Waals surface area (Å²) >= 11 is 0. The fourth-order valence-corrected chi connectivity index (χ4v) is 3.97. The zero-order chi connectivity index (χ0) is 23.8. The lowest BCUT2D eigenvalue weighted by molar-refractivity contribution is -0.206. The van der Waals surface area contributed by atoms with Crippen molar-refractivity contribution in [1.82, 2.24) is 0 Å². The van der Waals surface area contributed by atoms with Gasteiger partial charge in [0, 0.05) is 11.5 Å². The zero-order valence-corrected chi connectivity index (χ0v) is 19.4. The molecule has 34 heavy (non-hydrogen) atoms. The predicted molar refractivity (Wildman–Crippen MR) is 130 cm³/mol. The van der Waals surface area contributed by atoms with E-state index < -0.39 is 0 Å². The SMILES string of the molecule is CCCCC1COC(c2ccc(CC(=O)Oc3ccc(-c4ccc(C#N)cc4)cc3)cc2)OC1. The monoisotopic (exact) mass is 455 g/mol. The molecular formula is C29H29NO4. The normalized spacial score (nSPS) is 17.6. The number of nitriles is 1. The molecule has 0 aliphatic carbocycles. The molecular weight excluding hydrogens is 426 g/mol. The van der Waals surface area contributed by atoms with Crippen LogP contribution in [0, 0.1) is 17.2 Å². The van der Waals surface area contributed by atoms with Gasteiger partial charge >= 0.3 is 5.97 Å². The van der Waals surface area contributed by atoms with Gasteiger partial charge in [0.25, 0.3) is 0 Å². The van der Waals surface area contributed by atoms with E-state index in [1.165, 1.54) is 12.8 Å². The highest BCUT2D eigenvalue weighted by Crippen LogP contribution is 2.27. The Bertz CT molecular complexity index is 1110. The van der Waals surface area contributed by atoms with Crippen molar-refractivity contribution in [1.29, 1.82) is 5.26 Å². The van der Waals surface area contributed by atoms with Crippen molar-refractivity contribution in [2.24, 2.45) is 5.92 Å². The van der Waals surface area contributed by atoms with E-state index in [9.17, 15) is 4.79 Å². The van der Waals surface area contributed by atoms with Crippen molar-refractivity contribution in [3.63, 3.8) is 0 Å². The maximum absolute atomic E-state index is 12.4. The summed E-state index contributed by atoms with van der Waals surface area (Å²) in [6.07, 6.45) is 3.38. The molecule has 5 nitrogen and oxygen atoms in total. The summed E-state index contributed by atoms with van der Waals surface area (Å²) in [6, 6.07) is 24.6. The Morgan fingerprint density at radius 2 is 1.56 bits per heavy atom. The minimum atomic E-state index is -0.339. The van der Waals surface area contributed by atoms with Crippen molar-refractivity contribution in [3.8, 4) is 22.9 Å². The fraction of sp³-hybridized carbons (Fsp3) is 0.310. The molecule has 0 saturated carbocycles. The third-order valence-electron chi connectivity index (χ3n) is 5.97.